The van der Waals surface area contributed by atoms with Crippen molar-refractivity contribution in [2.24, 2.45) is 0 Å². The smallest absolute Gasteiger partial charge is 0.259 e. The maximum Gasteiger partial charge on any atom is 0.259 e. The first kappa shape index (κ1) is 26.9. The van der Waals surface area contributed by atoms with Gasteiger partial charge in [-0.25, -0.2) is 0 Å². The number of unbranched alkanes of at least 4 members (excludes halogenated alkanes) is 3. The molecule has 0 heterocycles. The third-order valence-electron chi connectivity index (χ3n) is 5.45. The second-order valence-electron chi connectivity index (χ2n) is 7.86. The summed E-state index contributed by atoms with van der Waals surface area (Å²) in [5.74, 6) is 0.193. The van der Waals surface area contributed by atoms with Crippen LogP contribution in [-0.4, -0.2) is 49.5 Å². The van der Waals surface area contributed by atoms with Crippen LogP contribution in [0.1, 0.15) is 67.2 Å². The van der Waals surface area contributed by atoms with Gasteiger partial charge in [0.2, 0.25) is 0 Å². The standard InChI is InChI=1S/C26H36BrN3O3/c1-4-7-8-9-18-33-24-15-12-21(27)19-23(24)26(32)29-22-13-10-20(11-14-22)25(31)28-16-17-30(5-2)6-3/h10-15,19H,4-9,16-18H2,1-3H3,(H,28,31)(H,29,32). The van der Waals surface area contributed by atoms with Crippen molar-refractivity contribution in [1.29, 1.82) is 0 Å². The molecule has 2 aromatic rings. The Bertz CT molecular complexity index is 883. The molecule has 2 aromatic carbocycles. The lowest BCUT2D eigenvalue weighted by atomic mass is 10.1. The van der Waals surface area contributed by atoms with E-state index in [4.69, 9.17) is 4.74 Å². The average molecular weight is 518 g/mol. The fourth-order valence-electron chi connectivity index (χ4n) is 3.39. The molecule has 2 N–H and O–H groups in total. The summed E-state index contributed by atoms with van der Waals surface area (Å²) < 4.78 is 6.69. The van der Waals surface area contributed by atoms with Gasteiger partial charge in [0.1, 0.15) is 5.75 Å². The zero-order valence-electron chi connectivity index (χ0n) is 20.0. The van der Waals surface area contributed by atoms with Crippen LogP contribution in [-0.2, 0) is 0 Å². The molecule has 33 heavy (non-hydrogen) atoms. The Morgan fingerprint density at radius 2 is 1.67 bits per heavy atom. The Balaban J connectivity index is 1.94. The molecule has 0 fully saturated rings. The van der Waals surface area contributed by atoms with Gasteiger partial charge in [-0.1, -0.05) is 56.0 Å². The van der Waals surface area contributed by atoms with Gasteiger partial charge in [0.15, 0.2) is 0 Å². The van der Waals surface area contributed by atoms with Crippen LogP contribution in [0, 0.1) is 0 Å². The van der Waals surface area contributed by atoms with E-state index in [-0.39, 0.29) is 11.8 Å². The van der Waals surface area contributed by atoms with Gasteiger partial charge in [-0.3, -0.25) is 9.59 Å². The number of amides is 2. The van der Waals surface area contributed by atoms with Crippen molar-refractivity contribution in [3.8, 4) is 5.75 Å². The summed E-state index contributed by atoms with van der Waals surface area (Å²) >= 11 is 3.43. The van der Waals surface area contributed by atoms with Crippen LogP contribution in [0.25, 0.3) is 0 Å². The molecular weight excluding hydrogens is 482 g/mol. The first-order chi connectivity index (χ1) is 16.0. The van der Waals surface area contributed by atoms with Gasteiger partial charge in [-0.2, -0.15) is 0 Å². The van der Waals surface area contributed by atoms with Crippen LogP contribution < -0.4 is 15.4 Å². The van der Waals surface area contributed by atoms with E-state index in [9.17, 15) is 9.59 Å². The number of halogens is 1. The maximum atomic E-state index is 12.9. The number of hydrogen-bond donors (Lipinski definition) is 2. The molecule has 0 aliphatic carbocycles. The highest BCUT2D eigenvalue weighted by Crippen LogP contribution is 2.25. The van der Waals surface area contributed by atoms with E-state index < -0.39 is 0 Å². The summed E-state index contributed by atoms with van der Waals surface area (Å²) in [4.78, 5) is 27.5. The van der Waals surface area contributed by atoms with Gasteiger partial charge >= 0.3 is 0 Å². The SMILES string of the molecule is CCCCCCOc1ccc(Br)cc1C(=O)Nc1ccc(C(=O)NCCN(CC)CC)cc1. The molecule has 0 saturated heterocycles. The predicted molar refractivity (Wildman–Crippen MR) is 138 cm³/mol. The predicted octanol–water partition coefficient (Wildman–Crippen LogP) is 5.73. The molecular formula is C26H36BrN3O3. The van der Waals surface area contributed by atoms with Crippen molar-refractivity contribution in [1.82, 2.24) is 10.2 Å². The number of carbonyl (C=O) groups excluding carboxylic acids is 2. The van der Waals surface area contributed by atoms with E-state index in [2.05, 4.69) is 52.2 Å². The summed E-state index contributed by atoms with van der Waals surface area (Å²) in [7, 11) is 0. The van der Waals surface area contributed by atoms with Crippen LogP contribution in [0.15, 0.2) is 46.9 Å². The Morgan fingerprint density at radius 3 is 2.33 bits per heavy atom. The minimum Gasteiger partial charge on any atom is -0.493 e. The molecule has 7 heteroatoms. The molecule has 180 valence electrons. The van der Waals surface area contributed by atoms with E-state index in [0.29, 0.717) is 35.7 Å². The van der Waals surface area contributed by atoms with E-state index in [1.54, 1.807) is 30.3 Å². The number of nitrogens with one attached hydrogen (secondary N) is 2. The van der Waals surface area contributed by atoms with Crippen molar-refractivity contribution in [2.75, 3.05) is 38.1 Å². The minimum atomic E-state index is -0.253. The molecule has 0 saturated carbocycles. The molecule has 2 amide bonds. The Hall–Kier alpha value is -2.38. The first-order valence-electron chi connectivity index (χ1n) is 11.8. The summed E-state index contributed by atoms with van der Waals surface area (Å²) in [6.45, 7) is 10.3. The number of rotatable bonds is 14. The number of anilines is 1. The fourth-order valence-corrected chi connectivity index (χ4v) is 3.75. The third kappa shape index (κ3) is 9.18. The number of likely N-dealkylation sites (N-methyl/N-ethyl adjacent to an activating group) is 1. The van der Waals surface area contributed by atoms with Gasteiger partial charge in [-0.05, 0) is 62.0 Å². The number of benzene rings is 2. The lowest BCUT2D eigenvalue weighted by Gasteiger charge is -2.18. The lowest BCUT2D eigenvalue weighted by molar-refractivity contribution is 0.0948. The van der Waals surface area contributed by atoms with Crippen LogP contribution in [0.4, 0.5) is 5.69 Å². The van der Waals surface area contributed by atoms with E-state index in [1.165, 1.54) is 12.8 Å². The molecule has 2 rings (SSSR count). The monoisotopic (exact) mass is 517 g/mol. The molecule has 0 spiro atoms. The summed E-state index contributed by atoms with van der Waals surface area (Å²) in [5, 5.41) is 5.84. The second-order valence-corrected chi connectivity index (χ2v) is 8.78. The minimum absolute atomic E-state index is 0.120. The van der Waals surface area contributed by atoms with Crippen molar-refractivity contribution in [2.45, 2.75) is 46.5 Å². The van der Waals surface area contributed by atoms with Gasteiger partial charge in [0.25, 0.3) is 11.8 Å². The molecule has 0 radical (unpaired) electrons. The number of ether oxygens (including phenoxy) is 1. The zero-order chi connectivity index (χ0) is 24.1. The maximum absolute atomic E-state index is 12.9. The van der Waals surface area contributed by atoms with E-state index in [0.717, 1.165) is 36.9 Å². The van der Waals surface area contributed by atoms with E-state index in [1.807, 2.05) is 12.1 Å². The molecule has 0 unspecified atom stereocenters. The fraction of sp³-hybridized carbons (Fsp3) is 0.462. The molecule has 6 nitrogen and oxygen atoms in total. The van der Waals surface area contributed by atoms with Crippen molar-refractivity contribution >= 4 is 33.4 Å². The van der Waals surface area contributed by atoms with Gasteiger partial charge in [0, 0.05) is 28.8 Å². The Labute approximate surface area is 206 Å². The molecule has 0 aliphatic rings. The lowest BCUT2D eigenvalue weighted by Crippen LogP contribution is -2.34. The second kappa shape index (κ2) is 14.7. The highest BCUT2D eigenvalue weighted by molar-refractivity contribution is 9.10. The molecule has 0 bridgehead atoms. The van der Waals surface area contributed by atoms with Crippen LogP contribution in [0.3, 0.4) is 0 Å². The van der Waals surface area contributed by atoms with Gasteiger partial charge in [-0.15, -0.1) is 0 Å². The van der Waals surface area contributed by atoms with Gasteiger partial charge in [0.05, 0.1) is 12.2 Å². The summed E-state index contributed by atoms with van der Waals surface area (Å²) in [5.41, 5.74) is 1.65. The zero-order valence-corrected chi connectivity index (χ0v) is 21.5. The topological polar surface area (TPSA) is 70.7 Å². The number of hydrogen-bond acceptors (Lipinski definition) is 4. The normalized spacial score (nSPS) is 10.8. The molecule has 0 aliphatic heterocycles. The highest BCUT2D eigenvalue weighted by Gasteiger charge is 2.14. The van der Waals surface area contributed by atoms with Crippen LogP contribution in [0.5, 0.6) is 5.75 Å². The Kier molecular flexibility index (Phi) is 12.0. The van der Waals surface area contributed by atoms with Gasteiger partial charge < -0.3 is 20.3 Å². The van der Waals surface area contributed by atoms with Crippen LogP contribution >= 0.6 is 15.9 Å². The van der Waals surface area contributed by atoms with Crippen molar-refractivity contribution in [3.63, 3.8) is 0 Å². The number of nitrogens with zero attached hydrogens (tertiary/aromatic N) is 1. The van der Waals surface area contributed by atoms with E-state index >= 15 is 0 Å². The third-order valence-corrected chi connectivity index (χ3v) is 5.95. The average Bonchev–Trinajstić information content (AvgIpc) is 2.82. The Morgan fingerprint density at radius 1 is 0.939 bits per heavy atom. The number of carbonyl (C=O) groups is 2. The summed E-state index contributed by atoms with van der Waals surface area (Å²) in [6, 6.07) is 12.3. The quantitative estimate of drug-likeness (QED) is 0.314. The van der Waals surface area contributed by atoms with Crippen molar-refractivity contribution < 1.29 is 14.3 Å². The largest absolute Gasteiger partial charge is 0.493 e. The summed E-state index contributed by atoms with van der Waals surface area (Å²) in [6.07, 6.45) is 4.43. The molecule has 0 atom stereocenters. The highest BCUT2D eigenvalue weighted by atomic mass is 79.9. The molecule has 0 aromatic heterocycles. The van der Waals surface area contributed by atoms with Crippen LogP contribution in [0.2, 0.25) is 0 Å². The van der Waals surface area contributed by atoms with Crippen molar-refractivity contribution in [3.05, 3.63) is 58.1 Å². The first-order valence-corrected chi connectivity index (χ1v) is 12.6.